The molecule has 2 N–H and O–H groups in total. The van der Waals surface area contributed by atoms with E-state index in [1.54, 1.807) is 0 Å². The molecule has 5 aromatic rings. The molecule has 4 heterocycles. The Bertz CT molecular complexity index is 1380. The summed E-state index contributed by atoms with van der Waals surface area (Å²) in [6.45, 7) is 4.29. The van der Waals surface area contributed by atoms with E-state index in [1.165, 1.54) is 11.1 Å². The van der Waals surface area contributed by atoms with Gasteiger partial charge in [0.1, 0.15) is 5.69 Å². The molecule has 1 aliphatic heterocycles. The summed E-state index contributed by atoms with van der Waals surface area (Å²) in [5, 5.41) is 14.5. The van der Waals surface area contributed by atoms with Gasteiger partial charge in [0.2, 0.25) is 0 Å². The maximum Gasteiger partial charge on any atom is 0.116 e. The number of nitrogens with one attached hydrogen (secondary N) is 2. The molecule has 1 fully saturated rings. The predicted octanol–water partition coefficient (Wildman–Crippen LogP) is 3.86. The summed E-state index contributed by atoms with van der Waals surface area (Å²) in [5.74, 6) is 0. The molecule has 0 spiro atoms. The van der Waals surface area contributed by atoms with Crippen molar-refractivity contribution in [3.05, 3.63) is 54.9 Å². The first kappa shape index (κ1) is 18.2. The van der Waals surface area contributed by atoms with Crippen LogP contribution in [-0.4, -0.2) is 63.1 Å². The minimum atomic E-state index is 0.946. The summed E-state index contributed by atoms with van der Waals surface area (Å²) >= 11 is 0. The molecule has 6 rings (SSSR count). The number of aromatic nitrogens is 5. The lowest BCUT2D eigenvalue weighted by atomic mass is 10.1. The van der Waals surface area contributed by atoms with E-state index < -0.39 is 0 Å². The summed E-state index contributed by atoms with van der Waals surface area (Å²) in [6.07, 6.45) is 3.93. The lowest BCUT2D eigenvalue weighted by Crippen LogP contribution is -2.44. The van der Waals surface area contributed by atoms with Crippen molar-refractivity contribution in [1.29, 1.82) is 0 Å². The van der Waals surface area contributed by atoms with Crippen LogP contribution in [0.25, 0.3) is 44.3 Å². The first-order valence-electron chi connectivity index (χ1n) is 10.7. The van der Waals surface area contributed by atoms with Gasteiger partial charge in [0, 0.05) is 67.0 Å². The summed E-state index contributed by atoms with van der Waals surface area (Å²) in [5.41, 5.74) is 7.69. The van der Waals surface area contributed by atoms with Gasteiger partial charge in [0.05, 0.1) is 17.4 Å². The normalized spacial score (nSPS) is 15.4. The van der Waals surface area contributed by atoms with Gasteiger partial charge >= 0.3 is 0 Å². The van der Waals surface area contributed by atoms with Crippen molar-refractivity contribution >= 4 is 27.5 Å². The number of hydrogen-bond acceptors (Lipinski definition) is 4. The monoisotopic (exact) mass is 411 g/mol. The van der Waals surface area contributed by atoms with Gasteiger partial charge in [-0.3, -0.25) is 9.78 Å². The van der Waals surface area contributed by atoms with Gasteiger partial charge in [0.25, 0.3) is 0 Å². The number of aromatic amines is 2. The molecule has 0 amide bonds. The molecule has 0 aliphatic carbocycles. The Balaban J connectivity index is 1.44. The zero-order valence-electron chi connectivity index (χ0n) is 17.8. The number of anilines is 1. The van der Waals surface area contributed by atoms with E-state index >= 15 is 0 Å². The molecule has 156 valence electrons. The van der Waals surface area contributed by atoms with Crippen LogP contribution in [0.5, 0.6) is 0 Å². The molecule has 1 aliphatic rings. The van der Waals surface area contributed by atoms with E-state index in [1.807, 2.05) is 24.1 Å². The number of piperazine rings is 1. The third-order valence-corrected chi connectivity index (χ3v) is 6.34. The Morgan fingerprint density at radius 1 is 0.871 bits per heavy atom. The third-order valence-electron chi connectivity index (χ3n) is 6.34. The number of H-pyrrole nitrogens is 2. The van der Waals surface area contributed by atoms with Gasteiger partial charge in [-0.15, -0.1) is 0 Å². The highest BCUT2D eigenvalue weighted by Crippen LogP contribution is 2.35. The van der Waals surface area contributed by atoms with Crippen molar-refractivity contribution in [3.63, 3.8) is 0 Å². The van der Waals surface area contributed by atoms with Crippen LogP contribution in [0.2, 0.25) is 0 Å². The SMILES string of the molecule is CN1CCN(c2cccc3[nH]c(-c4n[nH]c5ccc(-c6cnn(C)c6)cc45)cc23)CC1. The van der Waals surface area contributed by atoms with Gasteiger partial charge in [-0.25, -0.2) is 0 Å². The van der Waals surface area contributed by atoms with Crippen LogP contribution in [0.4, 0.5) is 5.69 Å². The van der Waals surface area contributed by atoms with Gasteiger partial charge < -0.3 is 14.8 Å². The second-order valence-electron chi connectivity index (χ2n) is 8.45. The number of likely N-dealkylation sites (N-methyl/N-ethyl adjacent to an activating group) is 1. The van der Waals surface area contributed by atoms with Crippen molar-refractivity contribution in [3.8, 4) is 22.5 Å². The summed E-state index contributed by atoms with van der Waals surface area (Å²) < 4.78 is 1.83. The smallest absolute Gasteiger partial charge is 0.116 e. The van der Waals surface area contributed by atoms with Crippen molar-refractivity contribution < 1.29 is 0 Å². The molecule has 0 unspecified atom stereocenters. The first-order valence-corrected chi connectivity index (χ1v) is 10.7. The van der Waals surface area contributed by atoms with E-state index in [-0.39, 0.29) is 0 Å². The second kappa shape index (κ2) is 6.99. The van der Waals surface area contributed by atoms with Crippen molar-refractivity contribution in [2.24, 2.45) is 7.05 Å². The molecule has 31 heavy (non-hydrogen) atoms. The molecule has 3 aromatic heterocycles. The lowest BCUT2D eigenvalue weighted by molar-refractivity contribution is 0.313. The molecule has 0 saturated carbocycles. The van der Waals surface area contributed by atoms with Crippen molar-refractivity contribution in [2.75, 3.05) is 38.1 Å². The predicted molar refractivity (Wildman–Crippen MR) is 125 cm³/mol. The maximum absolute atomic E-state index is 4.66. The first-order chi connectivity index (χ1) is 15.2. The average Bonchev–Trinajstić information content (AvgIpc) is 3.51. The zero-order valence-corrected chi connectivity index (χ0v) is 17.8. The van der Waals surface area contributed by atoms with Crippen molar-refractivity contribution in [1.82, 2.24) is 29.9 Å². The quantitative estimate of drug-likeness (QED) is 0.473. The number of aryl methyl sites for hydroxylation is 1. The van der Waals surface area contributed by atoms with Crippen LogP contribution in [0.1, 0.15) is 0 Å². The van der Waals surface area contributed by atoms with Gasteiger partial charge in [-0.1, -0.05) is 12.1 Å². The minimum Gasteiger partial charge on any atom is -0.368 e. The molecular weight excluding hydrogens is 386 g/mol. The van der Waals surface area contributed by atoms with E-state index in [0.29, 0.717) is 0 Å². The Morgan fingerprint density at radius 2 is 1.74 bits per heavy atom. The highest BCUT2D eigenvalue weighted by molar-refractivity contribution is 6.00. The second-order valence-corrected chi connectivity index (χ2v) is 8.45. The van der Waals surface area contributed by atoms with Crippen LogP contribution in [0, 0.1) is 0 Å². The molecule has 0 bridgehead atoms. The minimum absolute atomic E-state index is 0.946. The molecule has 1 saturated heterocycles. The Hall–Kier alpha value is -3.58. The largest absolute Gasteiger partial charge is 0.368 e. The summed E-state index contributed by atoms with van der Waals surface area (Å²) in [7, 11) is 4.13. The molecule has 7 heteroatoms. The Morgan fingerprint density at radius 3 is 2.55 bits per heavy atom. The van der Waals surface area contributed by atoms with Crippen LogP contribution in [0.15, 0.2) is 54.9 Å². The number of fused-ring (bicyclic) bond motifs is 2. The van der Waals surface area contributed by atoms with Crippen molar-refractivity contribution in [2.45, 2.75) is 0 Å². The highest BCUT2D eigenvalue weighted by Gasteiger charge is 2.19. The van der Waals surface area contributed by atoms with Crippen LogP contribution in [0.3, 0.4) is 0 Å². The molecular formula is C24H25N7. The lowest BCUT2D eigenvalue weighted by Gasteiger charge is -2.34. The Labute approximate surface area is 180 Å². The number of benzene rings is 2. The fourth-order valence-electron chi connectivity index (χ4n) is 4.56. The van der Waals surface area contributed by atoms with E-state index in [4.69, 9.17) is 0 Å². The van der Waals surface area contributed by atoms with E-state index in [0.717, 1.165) is 65.1 Å². The standard InChI is InChI=1S/C24H25N7/c1-29-8-10-31(11-9-29)23-5-3-4-20-18(23)13-22(26-20)24-19-12-16(6-7-21(19)27-28-24)17-14-25-30(2)15-17/h3-7,12-15,26H,8-11H2,1-2H3,(H,27,28). The van der Waals surface area contributed by atoms with Gasteiger partial charge in [-0.2, -0.15) is 10.2 Å². The van der Waals surface area contributed by atoms with Gasteiger partial charge in [-0.05, 0) is 42.9 Å². The molecule has 0 radical (unpaired) electrons. The molecule has 0 atom stereocenters. The topological polar surface area (TPSA) is 68.8 Å². The number of hydrogen-bond donors (Lipinski definition) is 2. The molecule has 7 nitrogen and oxygen atoms in total. The van der Waals surface area contributed by atoms with Gasteiger partial charge in [0.15, 0.2) is 0 Å². The average molecular weight is 412 g/mol. The van der Waals surface area contributed by atoms with E-state index in [2.05, 4.69) is 79.6 Å². The zero-order chi connectivity index (χ0) is 20.9. The number of nitrogens with zero attached hydrogens (tertiary/aromatic N) is 5. The van der Waals surface area contributed by atoms with Crippen LogP contribution < -0.4 is 4.90 Å². The number of rotatable bonds is 3. The highest BCUT2D eigenvalue weighted by atomic mass is 15.3. The summed E-state index contributed by atoms with van der Waals surface area (Å²) in [6, 6.07) is 15.2. The Kier molecular flexibility index (Phi) is 4.11. The fraction of sp³-hybridized carbons (Fsp3) is 0.250. The fourth-order valence-corrected chi connectivity index (χ4v) is 4.56. The third kappa shape index (κ3) is 3.09. The molecule has 2 aromatic carbocycles. The van der Waals surface area contributed by atoms with Crippen LogP contribution >= 0.6 is 0 Å². The van der Waals surface area contributed by atoms with E-state index in [9.17, 15) is 0 Å². The summed E-state index contributed by atoms with van der Waals surface area (Å²) in [4.78, 5) is 8.48. The maximum atomic E-state index is 4.66. The van der Waals surface area contributed by atoms with Crippen LogP contribution in [-0.2, 0) is 7.05 Å².